The van der Waals surface area contributed by atoms with Crippen LogP contribution in [0.2, 0.25) is 0 Å². The predicted octanol–water partition coefficient (Wildman–Crippen LogP) is 3.07. The maximum absolute atomic E-state index is 12.0. The highest BCUT2D eigenvalue weighted by atomic mass is 16.5. The zero-order valence-electron chi connectivity index (χ0n) is 10.9. The van der Waals surface area contributed by atoms with Crippen LogP contribution in [0.1, 0.15) is 26.3 Å². The van der Waals surface area contributed by atoms with E-state index in [4.69, 9.17) is 4.74 Å². The molecule has 1 aliphatic heterocycles. The molecule has 3 heteroatoms. The van der Waals surface area contributed by atoms with Crippen molar-refractivity contribution in [3.8, 4) is 0 Å². The summed E-state index contributed by atoms with van der Waals surface area (Å²) in [6.45, 7) is 5.91. The van der Waals surface area contributed by atoms with Gasteiger partial charge in [-0.05, 0) is 32.4 Å². The Morgan fingerprint density at radius 2 is 2.00 bits per heavy atom. The first-order valence-electron chi connectivity index (χ1n) is 6.09. The number of rotatable bonds is 3. The fourth-order valence-electron chi connectivity index (χ4n) is 1.95. The number of esters is 1. The number of hydrogen-bond acceptors (Lipinski definition) is 3. The Morgan fingerprint density at radius 1 is 1.33 bits per heavy atom. The molecule has 0 saturated carbocycles. The third kappa shape index (κ3) is 2.08. The average Bonchev–Trinajstić information content (AvgIpc) is 2.69. The van der Waals surface area contributed by atoms with Gasteiger partial charge < -0.3 is 4.74 Å². The van der Waals surface area contributed by atoms with Crippen LogP contribution in [0.5, 0.6) is 0 Å². The van der Waals surface area contributed by atoms with Gasteiger partial charge in [-0.2, -0.15) is 0 Å². The molecule has 0 radical (unpaired) electrons. The van der Waals surface area contributed by atoms with Crippen LogP contribution in [0.3, 0.4) is 0 Å². The van der Waals surface area contributed by atoms with Crippen molar-refractivity contribution < 1.29 is 9.53 Å². The SMILES string of the molecule is CCOC(=O)C1(C)C=C(c2ccccc2)N=C1C. The van der Waals surface area contributed by atoms with Gasteiger partial charge in [0.1, 0.15) is 5.41 Å². The monoisotopic (exact) mass is 243 g/mol. The lowest BCUT2D eigenvalue weighted by atomic mass is 9.86. The van der Waals surface area contributed by atoms with Gasteiger partial charge in [-0.1, -0.05) is 30.3 Å². The highest BCUT2D eigenvalue weighted by molar-refractivity contribution is 6.12. The smallest absolute Gasteiger partial charge is 0.321 e. The van der Waals surface area contributed by atoms with Gasteiger partial charge in [0.15, 0.2) is 0 Å². The highest BCUT2D eigenvalue weighted by Crippen LogP contribution is 2.35. The molecule has 1 heterocycles. The summed E-state index contributed by atoms with van der Waals surface area (Å²) >= 11 is 0. The van der Waals surface area contributed by atoms with Crippen LogP contribution in [0.4, 0.5) is 0 Å². The molecular weight excluding hydrogens is 226 g/mol. The van der Waals surface area contributed by atoms with Crippen LogP contribution >= 0.6 is 0 Å². The summed E-state index contributed by atoms with van der Waals surface area (Å²) in [6, 6.07) is 9.85. The first-order chi connectivity index (χ1) is 8.58. The van der Waals surface area contributed by atoms with Crippen molar-refractivity contribution in [2.24, 2.45) is 10.4 Å². The molecule has 0 spiro atoms. The molecular formula is C15H17NO2. The lowest BCUT2D eigenvalue weighted by Crippen LogP contribution is -2.32. The molecule has 94 valence electrons. The van der Waals surface area contributed by atoms with Crippen molar-refractivity contribution in [3.05, 3.63) is 42.0 Å². The number of benzene rings is 1. The number of ether oxygens (including phenoxy) is 1. The molecule has 3 nitrogen and oxygen atoms in total. The molecule has 18 heavy (non-hydrogen) atoms. The van der Waals surface area contributed by atoms with Crippen LogP contribution in [-0.4, -0.2) is 18.3 Å². The molecule has 0 N–H and O–H groups in total. The molecule has 0 amide bonds. The first kappa shape index (κ1) is 12.6. The third-order valence-electron chi connectivity index (χ3n) is 3.23. The van der Waals surface area contributed by atoms with Gasteiger partial charge >= 0.3 is 5.97 Å². The van der Waals surface area contributed by atoms with Gasteiger partial charge in [-0.25, -0.2) is 0 Å². The van der Waals surface area contributed by atoms with Gasteiger partial charge in [0, 0.05) is 5.71 Å². The van der Waals surface area contributed by atoms with E-state index in [0.717, 1.165) is 17.0 Å². The molecule has 1 atom stereocenters. The van der Waals surface area contributed by atoms with Gasteiger partial charge in [0.25, 0.3) is 0 Å². The average molecular weight is 243 g/mol. The molecule has 0 saturated heterocycles. The van der Waals surface area contributed by atoms with Gasteiger partial charge in [-0.15, -0.1) is 0 Å². The Hall–Kier alpha value is -1.90. The standard InChI is InChI=1S/C15H17NO2/c1-4-18-14(17)15(3)10-13(16-11(15)2)12-8-6-5-7-9-12/h5-10H,4H2,1-3H3. The second kappa shape index (κ2) is 4.77. The maximum Gasteiger partial charge on any atom is 0.321 e. The number of hydrogen-bond donors (Lipinski definition) is 0. The van der Waals surface area contributed by atoms with E-state index >= 15 is 0 Å². The summed E-state index contributed by atoms with van der Waals surface area (Å²) < 4.78 is 5.12. The van der Waals surface area contributed by atoms with Crippen LogP contribution in [-0.2, 0) is 9.53 Å². The Kier molecular flexibility index (Phi) is 3.32. The van der Waals surface area contributed by atoms with E-state index in [1.807, 2.05) is 57.2 Å². The van der Waals surface area contributed by atoms with Crippen molar-refractivity contribution in [3.63, 3.8) is 0 Å². The van der Waals surface area contributed by atoms with Gasteiger partial charge in [-0.3, -0.25) is 9.79 Å². The summed E-state index contributed by atoms with van der Waals surface area (Å²) in [5.74, 6) is -0.239. The number of aliphatic imine (C=N–C) groups is 1. The van der Waals surface area contributed by atoms with E-state index in [2.05, 4.69) is 4.99 Å². The second-order valence-corrected chi connectivity index (χ2v) is 4.52. The third-order valence-corrected chi connectivity index (χ3v) is 3.23. The minimum Gasteiger partial charge on any atom is -0.465 e. The summed E-state index contributed by atoms with van der Waals surface area (Å²) in [4.78, 5) is 16.5. The number of nitrogens with zero attached hydrogens (tertiary/aromatic N) is 1. The predicted molar refractivity (Wildman–Crippen MR) is 72.3 cm³/mol. The molecule has 1 aliphatic rings. The van der Waals surface area contributed by atoms with E-state index in [0.29, 0.717) is 6.61 Å². The quantitative estimate of drug-likeness (QED) is 0.765. The van der Waals surface area contributed by atoms with Crippen molar-refractivity contribution >= 4 is 17.4 Å². The number of carbonyl (C=O) groups excluding carboxylic acids is 1. The van der Waals surface area contributed by atoms with E-state index in [1.54, 1.807) is 0 Å². The zero-order chi connectivity index (χ0) is 13.2. The fraction of sp³-hybridized carbons (Fsp3) is 0.333. The van der Waals surface area contributed by atoms with Crippen molar-refractivity contribution in [1.29, 1.82) is 0 Å². The maximum atomic E-state index is 12.0. The fourth-order valence-corrected chi connectivity index (χ4v) is 1.95. The summed E-state index contributed by atoms with van der Waals surface area (Å²) in [5, 5.41) is 0. The van der Waals surface area contributed by atoms with Crippen LogP contribution in [0.25, 0.3) is 5.70 Å². The molecule has 0 fully saturated rings. The summed E-state index contributed by atoms with van der Waals surface area (Å²) in [7, 11) is 0. The molecule has 0 bridgehead atoms. The van der Waals surface area contributed by atoms with Crippen molar-refractivity contribution in [2.75, 3.05) is 6.61 Å². The summed E-state index contributed by atoms with van der Waals surface area (Å²) in [6.07, 6.45) is 1.88. The Bertz CT molecular complexity index is 517. The minimum absolute atomic E-state index is 0.239. The van der Waals surface area contributed by atoms with Crippen LogP contribution < -0.4 is 0 Å². The van der Waals surface area contributed by atoms with Crippen LogP contribution in [0, 0.1) is 5.41 Å². The Morgan fingerprint density at radius 3 is 2.61 bits per heavy atom. The number of carbonyl (C=O) groups is 1. The van der Waals surface area contributed by atoms with Gasteiger partial charge in [0.2, 0.25) is 0 Å². The van der Waals surface area contributed by atoms with E-state index in [9.17, 15) is 4.79 Å². The van der Waals surface area contributed by atoms with E-state index in [-0.39, 0.29) is 5.97 Å². The van der Waals surface area contributed by atoms with Crippen LogP contribution in [0.15, 0.2) is 41.4 Å². The molecule has 0 aromatic heterocycles. The Labute approximate surface area is 107 Å². The lowest BCUT2D eigenvalue weighted by molar-refractivity contribution is -0.148. The lowest BCUT2D eigenvalue weighted by Gasteiger charge is -2.19. The minimum atomic E-state index is -0.735. The molecule has 2 rings (SSSR count). The van der Waals surface area contributed by atoms with Crippen molar-refractivity contribution in [2.45, 2.75) is 20.8 Å². The highest BCUT2D eigenvalue weighted by Gasteiger charge is 2.39. The molecule has 1 unspecified atom stereocenters. The molecule has 0 aliphatic carbocycles. The summed E-state index contributed by atoms with van der Waals surface area (Å²) in [5.41, 5.74) is 1.90. The molecule has 1 aromatic carbocycles. The van der Waals surface area contributed by atoms with Crippen molar-refractivity contribution in [1.82, 2.24) is 0 Å². The topological polar surface area (TPSA) is 38.7 Å². The zero-order valence-corrected chi connectivity index (χ0v) is 10.9. The normalized spacial score (nSPS) is 22.4. The second-order valence-electron chi connectivity index (χ2n) is 4.52. The van der Waals surface area contributed by atoms with E-state index < -0.39 is 5.41 Å². The first-order valence-corrected chi connectivity index (χ1v) is 6.09. The largest absolute Gasteiger partial charge is 0.465 e. The Balaban J connectivity index is 2.35. The molecule has 1 aromatic rings. The van der Waals surface area contributed by atoms with Gasteiger partial charge in [0.05, 0.1) is 12.3 Å². The van der Waals surface area contributed by atoms with E-state index in [1.165, 1.54) is 0 Å².